The quantitative estimate of drug-likeness (QED) is 0.685. The minimum Gasteiger partial charge on any atom is -0.481 e. The molecule has 2 rings (SSSR count). The zero-order valence-corrected chi connectivity index (χ0v) is 12.9. The van der Waals surface area contributed by atoms with E-state index >= 15 is 0 Å². The average Bonchev–Trinajstić information content (AvgIpc) is 2.56. The number of para-hydroxylation sites is 1. The molecule has 0 atom stereocenters. The molecule has 0 bridgehead atoms. The number of fused-ring (bicyclic) bond motifs is 1. The number of hydrogen-bond acceptors (Lipinski definition) is 3. The number of carbonyl (C=O) groups excluding carboxylic acids is 2. The van der Waals surface area contributed by atoms with Crippen LogP contribution >= 0.6 is 0 Å². The van der Waals surface area contributed by atoms with Gasteiger partial charge in [-0.05, 0) is 30.9 Å². The Hall–Kier alpha value is -2.57. The molecule has 0 fully saturated rings. The van der Waals surface area contributed by atoms with Gasteiger partial charge in [0.15, 0.2) is 0 Å². The summed E-state index contributed by atoms with van der Waals surface area (Å²) in [7, 11) is 0. The Kier molecular flexibility index (Phi) is 5.96. The highest BCUT2D eigenvalue weighted by molar-refractivity contribution is 5.97. The third-order valence-electron chi connectivity index (χ3n) is 3.66. The van der Waals surface area contributed by atoms with E-state index in [1.807, 2.05) is 24.3 Å². The van der Waals surface area contributed by atoms with E-state index in [4.69, 9.17) is 5.11 Å². The number of anilines is 1. The topological polar surface area (TPSA) is 98.7 Å². The highest BCUT2D eigenvalue weighted by Gasteiger charge is 2.22. The Balaban J connectivity index is 1.77. The van der Waals surface area contributed by atoms with Gasteiger partial charge in [0, 0.05) is 25.2 Å². The van der Waals surface area contributed by atoms with Crippen LogP contribution in [0.2, 0.25) is 0 Å². The Bertz CT molecular complexity index is 588. The number of hydrogen-bond donors (Lipinski definition) is 3. The molecule has 3 amide bonds. The minimum atomic E-state index is -0.897. The highest BCUT2D eigenvalue weighted by Crippen LogP contribution is 2.26. The summed E-state index contributed by atoms with van der Waals surface area (Å²) in [5.41, 5.74) is 2.05. The largest absolute Gasteiger partial charge is 0.481 e. The van der Waals surface area contributed by atoms with Crippen LogP contribution in [-0.2, 0) is 16.0 Å². The van der Waals surface area contributed by atoms with Gasteiger partial charge in [0.05, 0.1) is 6.54 Å². The van der Waals surface area contributed by atoms with Gasteiger partial charge in [-0.1, -0.05) is 18.2 Å². The van der Waals surface area contributed by atoms with Gasteiger partial charge in [-0.25, -0.2) is 4.79 Å². The predicted octanol–water partition coefficient (Wildman–Crippen LogP) is 1.13. The molecule has 3 N–H and O–H groups in total. The van der Waals surface area contributed by atoms with Crippen LogP contribution in [0, 0.1) is 0 Å². The van der Waals surface area contributed by atoms with Crippen molar-refractivity contribution >= 4 is 23.6 Å². The Morgan fingerprint density at radius 3 is 2.74 bits per heavy atom. The van der Waals surface area contributed by atoms with Crippen LogP contribution in [0.25, 0.3) is 0 Å². The van der Waals surface area contributed by atoms with Crippen molar-refractivity contribution in [2.24, 2.45) is 0 Å². The van der Waals surface area contributed by atoms with Gasteiger partial charge in [0.25, 0.3) is 0 Å². The monoisotopic (exact) mass is 319 g/mol. The maximum absolute atomic E-state index is 12.3. The van der Waals surface area contributed by atoms with Crippen LogP contribution in [0.1, 0.15) is 24.8 Å². The van der Waals surface area contributed by atoms with Crippen LogP contribution in [0.4, 0.5) is 10.5 Å². The molecule has 1 heterocycles. The zero-order valence-electron chi connectivity index (χ0n) is 12.9. The standard InChI is InChI=1S/C16H21N3O4/c20-14(11-18-16(23)17-9-3-8-15(21)22)19-10-4-6-12-5-1-2-7-13(12)19/h1-2,5,7H,3-4,6,8-11H2,(H,21,22)(H2,17,18,23). The molecule has 1 aliphatic rings. The molecular weight excluding hydrogens is 298 g/mol. The van der Waals surface area contributed by atoms with E-state index in [9.17, 15) is 14.4 Å². The third-order valence-corrected chi connectivity index (χ3v) is 3.66. The number of benzene rings is 1. The van der Waals surface area contributed by atoms with Gasteiger partial charge in [0.2, 0.25) is 5.91 Å². The summed E-state index contributed by atoms with van der Waals surface area (Å²) in [6.07, 6.45) is 2.22. The molecule has 0 radical (unpaired) electrons. The summed E-state index contributed by atoms with van der Waals surface area (Å²) in [5, 5.41) is 13.5. The van der Waals surface area contributed by atoms with E-state index in [2.05, 4.69) is 10.6 Å². The van der Waals surface area contributed by atoms with E-state index in [0.717, 1.165) is 24.1 Å². The number of carboxylic acids is 1. The van der Waals surface area contributed by atoms with Crippen molar-refractivity contribution in [2.75, 3.05) is 24.5 Å². The van der Waals surface area contributed by atoms with E-state index in [1.54, 1.807) is 4.90 Å². The fourth-order valence-electron chi connectivity index (χ4n) is 2.55. The Labute approximate surface area is 134 Å². The maximum atomic E-state index is 12.3. The highest BCUT2D eigenvalue weighted by atomic mass is 16.4. The van der Waals surface area contributed by atoms with Gasteiger partial charge in [-0.3, -0.25) is 9.59 Å². The molecule has 0 aromatic heterocycles. The lowest BCUT2D eigenvalue weighted by Crippen LogP contribution is -2.45. The predicted molar refractivity (Wildman–Crippen MR) is 85.4 cm³/mol. The first-order chi connectivity index (χ1) is 11.1. The molecular formula is C16H21N3O4. The Morgan fingerprint density at radius 2 is 1.96 bits per heavy atom. The van der Waals surface area contributed by atoms with Crippen molar-refractivity contribution in [3.63, 3.8) is 0 Å². The molecule has 0 spiro atoms. The van der Waals surface area contributed by atoms with E-state index in [1.165, 1.54) is 0 Å². The normalized spacial score (nSPS) is 13.1. The summed E-state index contributed by atoms with van der Waals surface area (Å²) >= 11 is 0. The zero-order chi connectivity index (χ0) is 16.7. The fraction of sp³-hybridized carbons (Fsp3) is 0.438. The second-order valence-electron chi connectivity index (χ2n) is 5.38. The number of rotatable bonds is 6. The van der Waals surface area contributed by atoms with Gasteiger partial charge >= 0.3 is 12.0 Å². The summed E-state index contributed by atoms with van der Waals surface area (Å²) in [6, 6.07) is 7.31. The maximum Gasteiger partial charge on any atom is 0.315 e. The first-order valence-corrected chi connectivity index (χ1v) is 7.69. The fourth-order valence-corrected chi connectivity index (χ4v) is 2.55. The van der Waals surface area contributed by atoms with E-state index < -0.39 is 12.0 Å². The van der Waals surface area contributed by atoms with Gasteiger partial charge in [-0.2, -0.15) is 0 Å². The number of urea groups is 1. The smallest absolute Gasteiger partial charge is 0.315 e. The van der Waals surface area contributed by atoms with Gasteiger partial charge in [0.1, 0.15) is 0 Å². The molecule has 0 saturated carbocycles. The van der Waals surface area contributed by atoms with Crippen LogP contribution in [0.5, 0.6) is 0 Å². The SMILES string of the molecule is O=C(O)CCCNC(=O)NCC(=O)N1CCCc2ccccc21. The molecule has 1 aromatic rings. The molecule has 7 nitrogen and oxygen atoms in total. The lowest BCUT2D eigenvalue weighted by Gasteiger charge is -2.29. The van der Waals surface area contributed by atoms with Crippen molar-refractivity contribution in [1.29, 1.82) is 0 Å². The third kappa shape index (κ3) is 4.98. The summed E-state index contributed by atoms with van der Waals surface area (Å²) < 4.78 is 0. The number of carboxylic acid groups (broad SMARTS) is 1. The molecule has 124 valence electrons. The summed E-state index contributed by atoms with van der Waals surface area (Å²) in [4.78, 5) is 35.9. The molecule has 0 unspecified atom stereocenters. The summed E-state index contributed by atoms with van der Waals surface area (Å²) in [5.74, 6) is -1.05. The van der Waals surface area contributed by atoms with Crippen molar-refractivity contribution in [3.8, 4) is 0 Å². The van der Waals surface area contributed by atoms with Crippen molar-refractivity contribution < 1.29 is 19.5 Å². The van der Waals surface area contributed by atoms with Gasteiger partial charge in [-0.15, -0.1) is 0 Å². The van der Waals surface area contributed by atoms with Crippen molar-refractivity contribution in [2.45, 2.75) is 25.7 Å². The lowest BCUT2D eigenvalue weighted by molar-refractivity contribution is -0.137. The molecule has 0 aliphatic carbocycles. The second kappa shape index (κ2) is 8.17. The van der Waals surface area contributed by atoms with E-state index in [0.29, 0.717) is 13.0 Å². The first-order valence-electron chi connectivity index (χ1n) is 7.69. The van der Waals surface area contributed by atoms with Crippen molar-refractivity contribution in [3.05, 3.63) is 29.8 Å². The van der Waals surface area contributed by atoms with Crippen LogP contribution < -0.4 is 15.5 Å². The molecule has 1 aliphatic heterocycles. The molecule has 1 aromatic carbocycles. The van der Waals surface area contributed by atoms with Crippen LogP contribution in [-0.4, -0.2) is 42.6 Å². The molecule has 0 saturated heterocycles. The second-order valence-corrected chi connectivity index (χ2v) is 5.38. The summed E-state index contributed by atoms with van der Waals surface area (Å²) in [6.45, 7) is 0.829. The van der Waals surface area contributed by atoms with Crippen LogP contribution in [0.15, 0.2) is 24.3 Å². The number of aliphatic carboxylic acids is 1. The van der Waals surface area contributed by atoms with Crippen molar-refractivity contribution in [1.82, 2.24) is 10.6 Å². The first kappa shape index (κ1) is 16.8. The molecule has 23 heavy (non-hydrogen) atoms. The Morgan fingerprint density at radius 1 is 1.17 bits per heavy atom. The number of nitrogens with one attached hydrogen (secondary N) is 2. The number of aryl methyl sites for hydroxylation is 1. The van der Waals surface area contributed by atoms with Gasteiger partial charge < -0.3 is 20.6 Å². The van der Waals surface area contributed by atoms with E-state index in [-0.39, 0.29) is 25.4 Å². The molecule has 7 heteroatoms. The minimum absolute atomic E-state index is 0.00374. The number of carbonyl (C=O) groups is 3. The number of nitrogens with zero attached hydrogens (tertiary/aromatic N) is 1. The average molecular weight is 319 g/mol. The number of amides is 3. The van der Waals surface area contributed by atoms with Crippen LogP contribution in [0.3, 0.4) is 0 Å². The lowest BCUT2D eigenvalue weighted by atomic mass is 10.0.